The van der Waals surface area contributed by atoms with Gasteiger partial charge in [0, 0.05) is 0 Å². The molecule has 0 heterocycles. The third-order valence-electron chi connectivity index (χ3n) is 7.62. The Kier molecular flexibility index (Phi) is 3.21. The van der Waals surface area contributed by atoms with Crippen molar-refractivity contribution in [2.24, 2.45) is 17.3 Å². The summed E-state index contributed by atoms with van der Waals surface area (Å²) in [5, 5.41) is 0. The summed E-state index contributed by atoms with van der Waals surface area (Å²) in [6, 6.07) is 4.87. The minimum absolute atomic E-state index is 0.650. The smallest absolute Gasteiger partial charge is 0.0125 e. The van der Waals surface area contributed by atoms with Crippen molar-refractivity contribution >= 4 is 0 Å². The van der Waals surface area contributed by atoms with Gasteiger partial charge < -0.3 is 0 Å². The summed E-state index contributed by atoms with van der Waals surface area (Å²) in [6.45, 7) is 7.28. The molecular weight excluding hydrogens is 252 g/mol. The molecule has 114 valence electrons. The zero-order chi connectivity index (χ0) is 14.6. The molecule has 3 aliphatic carbocycles. The molecule has 3 aliphatic rings. The SMILES string of the molecule is Cc1ccc2c(c1C)CC[C@@H]1[C@H]2CC[C@H]2CCCC[C@@]21C. The van der Waals surface area contributed by atoms with Crippen LogP contribution in [0.25, 0.3) is 0 Å². The number of hydrogen-bond donors (Lipinski definition) is 0. The predicted octanol–water partition coefficient (Wildman–Crippen LogP) is 5.94. The average molecular weight is 282 g/mol. The van der Waals surface area contributed by atoms with E-state index in [0.29, 0.717) is 5.41 Å². The Morgan fingerprint density at radius 1 is 1.00 bits per heavy atom. The average Bonchev–Trinajstić information content (AvgIpc) is 2.50. The first-order valence-electron chi connectivity index (χ1n) is 9.20. The lowest BCUT2D eigenvalue weighted by Crippen LogP contribution is -2.46. The van der Waals surface area contributed by atoms with Gasteiger partial charge in [-0.25, -0.2) is 0 Å². The van der Waals surface area contributed by atoms with Crippen molar-refractivity contribution in [3.8, 4) is 0 Å². The number of benzene rings is 1. The van der Waals surface area contributed by atoms with Crippen LogP contribution in [-0.2, 0) is 6.42 Å². The third-order valence-corrected chi connectivity index (χ3v) is 7.62. The van der Waals surface area contributed by atoms with Crippen LogP contribution in [0.3, 0.4) is 0 Å². The fourth-order valence-corrected chi connectivity index (χ4v) is 6.21. The van der Waals surface area contributed by atoms with Gasteiger partial charge in [0.2, 0.25) is 0 Å². The van der Waals surface area contributed by atoms with E-state index in [9.17, 15) is 0 Å². The Bertz CT molecular complexity index is 555. The van der Waals surface area contributed by atoms with Gasteiger partial charge >= 0.3 is 0 Å². The molecule has 1 aromatic rings. The van der Waals surface area contributed by atoms with Crippen LogP contribution in [0.2, 0.25) is 0 Å². The zero-order valence-electron chi connectivity index (χ0n) is 14.0. The van der Waals surface area contributed by atoms with E-state index in [1.807, 2.05) is 0 Å². The molecule has 4 atom stereocenters. The van der Waals surface area contributed by atoms with Crippen molar-refractivity contribution in [2.75, 3.05) is 0 Å². The van der Waals surface area contributed by atoms with Gasteiger partial charge in [-0.1, -0.05) is 31.9 Å². The van der Waals surface area contributed by atoms with E-state index in [1.54, 1.807) is 16.7 Å². The summed E-state index contributed by atoms with van der Waals surface area (Å²) in [7, 11) is 0. The summed E-state index contributed by atoms with van der Waals surface area (Å²) in [5.41, 5.74) is 7.18. The first-order valence-corrected chi connectivity index (χ1v) is 9.20. The van der Waals surface area contributed by atoms with Crippen LogP contribution in [0.4, 0.5) is 0 Å². The molecule has 0 aliphatic heterocycles. The van der Waals surface area contributed by atoms with Crippen LogP contribution in [-0.4, -0.2) is 0 Å². The second-order valence-electron chi connectivity index (χ2n) is 8.35. The molecule has 0 spiro atoms. The first kappa shape index (κ1) is 13.9. The number of aryl methyl sites for hydroxylation is 1. The van der Waals surface area contributed by atoms with Gasteiger partial charge in [0.1, 0.15) is 0 Å². The van der Waals surface area contributed by atoms with Crippen LogP contribution < -0.4 is 0 Å². The molecule has 0 unspecified atom stereocenters. The summed E-state index contributed by atoms with van der Waals surface area (Å²) < 4.78 is 0. The number of hydrogen-bond acceptors (Lipinski definition) is 0. The van der Waals surface area contributed by atoms with Gasteiger partial charge in [-0.3, -0.25) is 0 Å². The maximum atomic E-state index is 2.65. The lowest BCUT2D eigenvalue weighted by molar-refractivity contribution is -0.0204. The second-order valence-corrected chi connectivity index (χ2v) is 8.35. The standard InChI is InChI=1S/C21H30/c1-14-7-9-18-17(15(14)2)11-12-20-19(18)10-8-16-6-4-5-13-21(16,20)3/h7,9,16,19-20H,4-6,8,10-13H2,1-3H3/t16-,19+,20-,21+/m1/s1. The number of rotatable bonds is 0. The van der Waals surface area contributed by atoms with Gasteiger partial charge in [0.05, 0.1) is 0 Å². The molecule has 0 heteroatoms. The van der Waals surface area contributed by atoms with Gasteiger partial charge in [-0.2, -0.15) is 0 Å². The third kappa shape index (κ3) is 1.94. The van der Waals surface area contributed by atoms with Gasteiger partial charge in [0.25, 0.3) is 0 Å². The van der Waals surface area contributed by atoms with Crippen molar-refractivity contribution in [2.45, 2.75) is 78.1 Å². The topological polar surface area (TPSA) is 0 Å². The molecule has 0 N–H and O–H groups in total. The van der Waals surface area contributed by atoms with Crippen molar-refractivity contribution in [3.05, 3.63) is 34.4 Å². The molecule has 0 nitrogen and oxygen atoms in total. The van der Waals surface area contributed by atoms with Crippen LogP contribution in [0.1, 0.15) is 80.0 Å². The Hall–Kier alpha value is -0.780. The minimum Gasteiger partial charge on any atom is -0.0591 e. The summed E-state index contributed by atoms with van der Waals surface area (Å²) >= 11 is 0. The van der Waals surface area contributed by atoms with E-state index >= 15 is 0 Å². The van der Waals surface area contributed by atoms with Crippen LogP contribution >= 0.6 is 0 Å². The lowest BCUT2D eigenvalue weighted by atomic mass is 9.49. The maximum absolute atomic E-state index is 2.65. The molecule has 0 aromatic heterocycles. The van der Waals surface area contributed by atoms with Gasteiger partial charge in [-0.15, -0.1) is 0 Å². The van der Waals surface area contributed by atoms with Crippen LogP contribution in [0.15, 0.2) is 12.1 Å². The van der Waals surface area contributed by atoms with Gasteiger partial charge in [-0.05, 0) is 97.8 Å². The van der Waals surface area contributed by atoms with Crippen molar-refractivity contribution in [1.82, 2.24) is 0 Å². The second kappa shape index (κ2) is 4.86. The predicted molar refractivity (Wildman–Crippen MR) is 89.8 cm³/mol. The highest BCUT2D eigenvalue weighted by Gasteiger charge is 2.50. The Morgan fingerprint density at radius 2 is 1.86 bits per heavy atom. The summed E-state index contributed by atoms with van der Waals surface area (Å²) in [5.74, 6) is 2.86. The number of fused-ring (bicyclic) bond motifs is 5. The maximum Gasteiger partial charge on any atom is -0.0125 e. The largest absolute Gasteiger partial charge is 0.0591 e. The highest BCUT2D eigenvalue weighted by molar-refractivity contribution is 5.44. The van der Waals surface area contributed by atoms with E-state index in [0.717, 1.165) is 17.8 Å². The van der Waals surface area contributed by atoms with E-state index in [1.165, 1.54) is 56.9 Å². The normalized spacial score (nSPS) is 38.3. The Morgan fingerprint density at radius 3 is 2.71 bits per heavy atom. The van der Waals surface area contributed by atoms with Crippen molar-refractivity contribution < 1.29 is 0 Å². The van der Waals surface area contributed by atoms with Gasteiger partial charge in [0.15, 0.2) is 0 Å². The molecule has 1 aromatic carbocycles. The van der Waals surface area contributed by atoms with Crippen molar-refractivity contribution in [1.29, 1.82) is 0 Å². The fraction of sp³-hybridized carbons (Fsp3) is 0.714. The van der Waals surface area contributed by atoms with E-state index in [2.05, 4.69) is 32.9 Å². The van der Waals surface area contributed by atoms with Crippen molar-refractivity contribution in [3.63, 3.8) is 0 Å². The van der Waals surface area contributed by atoms with Crippen LogP contribution in [0, 0.1) is 31.1 Å². The van der Waals surface area contributed by atoms with E-state index in [-0.39, 0.29) is 0 Å². The quantitative estimate of drug-likeness (QED) is 0.552. The molecule has 0 amide bonds. The molecule has 0 radical (unpaired) electrons. The lowest BCUT2D eigenvalue weighted by Gasteiger charge is -2.56. The Labute approximate surface area is 130 Å². The first-order chi connectivity index (χ1) is 10.1. The fourth-order valence-electron chi connectivity index (χ4n) is 6.21. The highest BCUT2D eigenvalue weighted by Crippen LogP contribution is 2.60. The zero-order valence-corrected chi connectivity index (χ0v) is 14.0. The monoisotopic (exact) mass is 282 g/mol. The molecule has 2 saturated carbocycles. The van der Waals surface area contributed by atoms with Crippen LogP contribution in [0.5, 0.6) is 0 Å². The summed E-state index contributed by atoms with van der Waals surface area (Å²) in [6.07, 6.45) is 11.7. The van der Waals surface area contributed by atoms with E-state index < -0.39 is 0 Å². The Balaban J connectivity index is 1.75. The van der Waals surface area contributed by atoms with E-state index in [4.69, 9.17) is 0 Å². The molecule has 21 heavy (non-hydrogen) atoms. The minimum atomic E-state index is 0.650. The summed E-state index contributed by atoms with van der Waals surface area (Å²) in [4.78, 5) is 0. The molecule has 0 bridgehead atoms. The molecule has 0 saturated heterocycles. The highest BCUT2D eigenvalue weighted by atomic mass is 14.5. The molecular formula is C21H30. The molecule has 4 rings (SSSR count). The molecule has 2 fully saturated rings.